The molecule has 1 N–H and O–H groups in total. The molecule has 0 spiro atoms. The molecule has 1 nitrogen and oxygen atoms in total. The first-order chi connectivity index (χ1) is 6.75. The molecule has 0 radical (unpaired) electrons. The van der Waals surface area contributed by atoms with Gasteiger partial charge in [-0.25, -0.2) is 0 Å². The second-order valence-electron chi connectivity index (χ2n) is 3.80. The van der Waals surface area contributed by atoms with Crippen molar-refractivity contribution in [2.45, 2.75) is 12.8 Å². The van der Waals surface area contributed by atoms with Gasteiger partial charge in [0.25, 0.3) is 0 Å². The molecule has 1 saturated heterocycles. The largest absolute Gasteiger partial charge is 0.316 e. The summed E-state index contributed by atoms with van der Waals surface area (Å²) in [6.07, 6.45) is 2.31. The van der Waals surface area contributed by atoms with Crippen LogP contribution in [0.3, 0.4) is 0 Å². The van der Waals surface area contributed by atoms with E-state index >= 15 is 0 Å². The van der Waals surface area contributed by atoms with Gasteiger partial charge in [0.2, 0.25) is 0 Å². The summed E-state index contributed by atoms with van der Waals surface area (Å²) in [4.78, 5) is 0. The molecule has 14 heavy (non-hydrogen) atoms. The van der Waals surface area contributed by atoms with E-state index in [0.29, 0.717) is 5.02 Å². The Morgan fingerprint density at radius 1 is 1.36 bits per heavy atom. The lowest BCUT2D eigenvalue weighted by Gasteiger charge is -2.09. The minimum atomic E-state index is 0.711. The predicted octanol–water partition coefficient (Wildman–Crippen LogP) is 3.15. The van der Waals surface area contributed by atoms with Crippen LogP contribution >= 0.6 is 23.2 Å². The van der Waals surface area contributed by atoms with Crippen molar-refractivity contribution in [3.8, 4) is 0 Å². The third-order valence-electron chi connectivity index (χ3n) is 2.69. The number of hydrogen-bond donors (Lipinski definition) is 1. The van der Waals surface area contributed by atoms with E-state index in [1.807, 2.05) is 18.2 Å². The minimum absolute atomic E-state index is 0.711. The highest BCUT2D eigenvalue weighted by molar-refractivity contribution is 6.35. The Balaban J connectivity index is 2.08. The molecule has 1 atom stereocenters. The normalized spacial score (nSPS) is 21.4. The lowest BCUT2D eigenvalue weighted by molar-refractivity contribution is 0.580. The number of halogens is 2. The second-order valence-corrected chi connectivity index (χ2v) is 4.64. The number of hydrogen-bond acceptors (Lipinski definition) is 1. The first-order valence-electron chi connectivity index (χ1n) is 4.90. The fraction of sp³-hybridized carbons (Fsp3) is 0.455. The summed E-state index contributed by atoms with van der Waals surface area (Å²) < 4.78 is 0. The van der Waals surface area contributed by atoms with Crippen LogP contribution in [0.25, 0.3) is 0 Å². The molecule has 1 heterocycles. The summed E-state index contributed by atoms with van der Waals surface area (Å²) in [5.41, 5.74) is 1.21. The molecule has 76 valence electrons. The first-order valence-corrected chi connectivity index (χ1v) is 5.66. The number of benzene rings is 1. The topological polar surface area (TPSA) is 12.0 Å². The number of nitrogens with one attached hydrogen (secondary N) is 1. The van der Waals surface area contributed by atoms with Gasteiger partial charge in [0, 0.05) is 10.0 Å². The van der Waals surface area contributed by atoms with Gasteiger partial charge < -0.3 is 5.32 Å². The molecule has 2 rings (SSSR count). The Hall–Kier alpha value is -0.240. The highest BCUT2D eigenvalue weighted by Crippen LogP contribution is 2.24. The minimum Gasteiger partial charge on any atom is -0.316 e. The summed E-state index contributed by atoms with van der Waals surface area (Å²) in [7, 11) is 0. The maximum absolute atomic E-state index is 6.10. The van der Waals surface area contributed by atoms with E-state index in [1.165, 1.54) is 12.0 Å². The summed E-state index contributed by atoms with van der Waals surface area (Å²) >= 11 is 11.9. The Morgan fingerprint density at radius 2 is 2.21 bits per heavy atom. The molecule has 0 bridgehead atoms. The zero-order chi connectivity index (χ0) is 9.97. The molecule has 1 aliphatic heterocycles. The zero-order valence-electron chi connectivity index (χ0n) is 7.89. The van der Waals surface area contributed by atoms with Gasteiger partial charge in [-0.15, -0.1) is 0 Å². The number of rotatable bonds is 2. The average molecular weight is 230 g/mol. The van der Waals surface area contributed by atoms with Crippen LogP contribution in [0, 0.1) is 5.92 Å². The lowest BCUT2D eigenvalue weighted by Crippen LogP contribution is -2.10. The molecule has 1 aliphatic rings. The Kier molecular flexibility index (Phi) is 3.32. The van der Waals surface area contributed by atoms with Gasteiger partial charge in [-0.05, 0) is 49.5 Å². The quantitative estimate of drug-likeness (QED) is 0.822. The van der Waals surface area contributed by atoms with Crippen molar-refractivity contribution in [3.63, 3.8) is 0 Å². The molecule has 3 heteroatoms. The standard InChI is InChI=1S/C11H13Cl2N/c12-10-2-1-9(11(13)6-10)5-8-3-4-14-7-8/h1-2,6,8,14H,3-5,7H2/t8-/m1/s1. The highest BCUT2D eigenvalue weighted by atomic mass is 35.5. The van der Waals surface area contributed by atoms with Gasteiger partial charge >= 0.3 is 0 Å². The van der Waals surface area contributed by atoms with E-state index in [4.69, 9.17) is 23.2 Å². The molecule has 1 fully saturated rings. The van der Waals surface area contributed by atoms with Gasteiger partial charge in [-0.1, -0.05) is 29.3 Å². The molecule has 0 saturated carbocycles. The van der Waals surface area contributed by atoms with Gasteiger partial charge in [0.05, 0.1) is 0 Å². The molecule has 0 unspecified atom stereocenters. The fourth-order valence-electron chi connectivity index (χ4n) is 1.89. The molecule has 1 aromatic carbocycles. The molecule has 0 aromatic heterocycles. The van der Waals surface area contributed by atoms with Crippen LogP contribution in [0.5, 0.6) is 0 Å². The summed E-state index contributed by atoms with van der Waals surface area (Å²) in [6.45, 7) is 2.24. The van der Waals surface area contributed by atoms with Crippen LogP contribution in [0.15, 0.2) is 18.2 Å². The van der Waals surface area contributed by atoms with E-state index in [9.17, 15) is 0 Å². The van der Waals surface area contributed by atoms with Gasteiger partial charge in [0.1, 0.15) is 0 Å². The molecule has 1 aromatic rings. The van der Waals surface area contributed by atoms with Crippen molar-refractivity contribution in [2.24, 2.45) is 5.92 Å². The fourth-order valence-corrected chi connectivity index (χ4v) is 2.37. The van der Waals surface area contributed by atoms with Crippen LogP contribution in [0.2, 0.25) is 10.0 Å². The third-order valence-corrected chi connectivity index (χ3v) is 3.27. The summed E-state index contributed by atoms with van der Waals surface area (Å²) in [6, 6.07) is 5.76. The monoisotopic (exact) mass is 229 g/mol. The van der Waals surface area contributed by atoms with Gasteiger partial charge in [-0.2, -0.15) is 0 Å². The first kappa shape index (κ1) is 10.3. The Bertz CT molecular complexity index is 319. The molecular formula is C11H13Cl2N. The SMILES string of the molecule is Clc1ccc(C[C@H]2CCNC2)c(Cl)c1. The van der Waals surface area contributed by atoms with Crippen molar-refractivity contribution in [1.29, 1.82) is 0 Å². The van der Waals surface area contributed by atoms with E-state index in [2.05, 4.69) is 5.32 Å². The zero-order valence-corrected chi connectivity index (χ0v) is 9.41. The van der Waals surface area contributed by atoms with Crippen LogP contribution in [0.1, 0.15) is 12.0 Å². The van der Waals surface area contributed by atoms with E-state index in [1.54, 1.807) is 0 Å². The lowest BCUT2D eigenvalue weighted by atomic mass is 9.99. The van der Waals surface area contributed by atoms with Crippen molar-refractivity contribution in [2.75, 3.05) is 13.1 Å². The van der Waals surface area contributed by atoms with Crippen LogP contribution < -0.4 is 5.32 Å². The summed E-state index contributed by atoms with van der Waals surface area (Å²) in [5, 5.41) is 4.86. The third kappa shape index (κ3) is 2.41. The van der Waals surface area contributed by atoms with E-state index in [0.717, 1.165) is 30.5 Å². The predicted molar refractivity (Wildman–Crippen MR) is 61.1 cm³/mol. The average Bonchev–Trinajstić information content (AvgIpc) is 2.62. The van der Waals surface area contributed by atoms with E-state index < -0.39 is 0 Å². The van der Waals surface area contributed by atoms with Crippen molar-refractivity contribution in [3.05, 3.63) is 33.8 Å². The maximum atomic E-state index is 6.10. The summed E-state index contributed by atoms with van der Waals surface area (Å²) in [5.74, 6) is 0.730. The van der Waals surface area contributed by atoms with Gasteiger partial charge in [-0.3, -0.25) is 0 Å². The Labute approximate surface area is 94.4 Å². The van der Waals surface area contributed by atoms with Crippen molar-refractivity contribution < 1.29 is 0 Å². The highest BCUT2D eigenvalue weighted by Gasteiger charge is 2.15. The molecular weight excluding hydrogens is 217 g/mol. The maximum Gasteiger partial charge on any atom is 0.0452 e. The molecule has 0 amide bonds. The van der Waals surface area contributed by atoms with E-state index in [-0.39, 0.29) is 0 Å². The van der Waals surface area contributed by atoms with Crippen LogP contribution in [-0.2, 0) is 6.42 Å². The smallest absolute Gasteiger partial charge is 0.0452 e. The molecule has 0 aliphatic carbocycles. The van der Waals surface area contributed by atoms with Crippen LogP contribution in [0.4, 0.5) is 0 Å². The Morgan fingerprint density at radius 3 is 2.86 bits per heavy atom. The van der Waals surface area contributed by atoms with Gasteiger partial charge in [0.15, 0.2) is 0 Å². The van der Waals surface area contributed by atoms with Crippen LogP contribution in [-0.4, -0.2) is 13.1 Å². The second kappa shape index (κ2) is 4.52. The van der Waals surface area contributed by atoms with Crippen molar-refractivity contribution >= 4 is 23.2 Å². The van der Waals surface area contributed by atoms with Crippen molar-refractivity contribution in [1.82, 2.24) is 5.32 Å².